The van der Waals surface area contributed by atoms with Gasteiger partial charge in [-0.1, -0.05) is 42.5 Å². The van der Waals surface area contributed by atoms with Crippen molar-refractivity contribution >= 4 is 12.0 Å². The predicted molar refractivity (Wildman–Crippen MR) is 129 cm³/mol. The summed E-state index contributed by atoms with van der Waals surface area (Å²) < 4.78 is 105. The number of ether oxygens (including phenoxy) is 2. The second-order valence-electron chi connectivity index (χ2n) is 8.61. The van der Waals surface area contributed by atoms with E-state index in [4.69, 9.17) is 9.47 Å². The fourth-order valence-corrected chi connectivity index (χ4v) is 3.72. The molecule has 0 fully saturated rings. The van der Waals surface area contributed by atoms with E-state index in [2.05, 4.69) is 5.32 Å². The van der Waals surface area contributed by atoms with E-state index >= 15 is 0 Å². The van der Waals surface area contributed by atoms with Gasteiger partial charge in [0, 0.05) is 6.08 Å². The van der Waals surface area contributed by atoms with Crippen LogP contribution in [0.4, 0.5) is 35.5 Å². The molecule has 1 unspecified atom stereocenters. The first-order valence-electron chi connectivity index (χ1n) is 11.7. The second kappa shape index (κ2) is 12.8. The third kappa shape index (κ3) is 8.42. The zero-order valence-corrected chi connectivity index (χ0v) is 20.7. The van der Waals surface area contributed by atoms with Gasteiger partial charge in [0.2, 0.25) is 0 Å². The molecule has 0 aliphatic rings. The van der Waals surface area contributed by atoms with Crippen molar-refractivity contribution in [1.29, 1.82) is 0 Å². The normalized spacial score (nSPS) is 14.0. The number of hydrogen-bond acceptors (Lipinski definition) is 4. The van der Waals surface area contributed by atoms with E-state index in [1.807, 2.05) is 0 Å². The van der Waals surface area contributed by atoms with E-state index in [0.29, 0.717) is 17.7 Å². The minimum absolute atomic E-state index is 0.0245. The Morgan fingerprint density at radius 3 is 2.00 bits per heavy atom. The SMILES string of the molecule is C[C@@H](O[C@H](NC(=O)OCc1ccccc1)C(C=C=O)c1ccc(F)cc1)c1cc(C(F)(F)F)cc(C(F)(F)F)c1. The van der Waals surface area contributed by atoms with Crippen molar-refractivity contribution in [1.82, 2.24) is 5.32 Å². The average Bonchev–Trinajstić information content (AvgIpc) is 2.90. The highest BCUT2D eigenvalue weighted by Gasteiger charge is 2.38. The third-order valence-electron chi connectivity index (χ3n) is 5.73. The molecule has 0 saturated carbocycles. The van der Waals surface area contributed by atoms with Gasteiger partial charge in [0.25, 0.3) is 0 Å². The van der Waals surface area contributed by atoms with Gasteiger partial charge in [0.15, 0.2) is 0 Å². The predicted octanol–water partition coefficient (Wildman–Crippen LogP) is 7.37. The number of alkyl halides is 6. The highest BCUT2D eigenvalue weighted by atomic mass is 19.4. The minimum atomic E-state index is -5.09. The van der Waals surface area contributed by atoms with Crippen LogP contribution in [0.25, 0.3) is 0 Å². The van der Waals surface area contributed by atoms with Crippen molar-refractivity contribution in [2.75, 3.05) is 0 Å². The van der Waals surface area contributed by atoms with Gasteiger partial charge in [-0.05, 0) is 53.9 Å². The van der Waals surface area contributed by atoms with Gasteiger partial charge in [-0.15, -0.1) is 0 Å². The Bertz CT molecular complexity index is 1300. The van der Waals surface area contributed by atoms with Gasteiger partial charge in [-0.2, -0.15) is 26.3 Å². The largest absolute Gasteiger partial charge is 0.445 e. The fourth-order valence-electron chi connectivity index (χ4n) is 3.72. The van der Waals surface area contributed by atoms with Crippen molar-refractivity contribution in [3.63, 3.8) is 0 Å². The Morgan fingerprint density at radius 1 is 0.900 bits per heavy atom. The molecule has 212 valence electrons. The van der Waals surface area contributed by atoms with Crippen LogP contribution < -0.4 is 5.32 Å². The first-order chi connectivity index (χ1) is 18.8. The number of carbonyl (C=O) groups excluding carboxylic acids is 2. The maximum absolute atomic E-state index is 13.5. The van der Waals surface area contributed by atoms with Crippen molar-refractivity contribution in [2.24, 2.45) is 0 Å². The standard InChI is InChI=1S/C28H22F7NO4/c1-17(20-13-21(27(30,31)32)15-22(14-20)28(33,34)35)40-25(24(11-12-37)19-7-9-23(29)10-8-19)36-26(38)39-16-18-5-3-2-4-6-18/h2-11,13-15,17,24-25H,16H2,1H3,(H,36,38)/t17-,24?,25+/m1/s1. The van der Waals surface area contributed by atoms with Crippen LogP contribution in [0.1, 0.15) is 46.8 Å². The molecule has 0 heterocycles. The molecule has 1 N–H and O–H groups in total. The van der Waals surface area contributed by atoms with Gasteiger partial charge in [-0.3, -0.25) is 5.32 Å². The van der Waals surface area contributed by atoms with E-state index in [9.17, 15) is 40.3 Å². The number of halogens is 7. The first kappa shape index (κ1) is 30.4. The molecule has 0 aromatic heterocycles. The van der Waals surface area contributed by atoms with Crippen LogP contribution in [0.2, 0.25) is 0 Å². The first-order valence-corrected chi connectivity index (χ1v) is 11.7. The number of nitrogens with one attached hydrogen (secondary N) is 1. The van der Waals surface area contributed by atoms with Crippen LogP contribution in [0.15, 0.2) is 78.9 Å². The molecule has 40 heavy (non-hydrogen) atoms. The topological polar surface area (TPSA) is 64.6 Å². The molecule has 12 heteroatoms. The van der Waals surface area contributed by atoms with Crippen molar-refractivity contribution in [3.05, 3.63) is 113 Å². The molecule has 0 aliphatic carbocycles. The van der Waals surface area contributed by atoms with E-state index in [-0.39, 0.29) is 18.2 Å². The number of amides is 1. The quantitative estimate of drug-likeness (QED) is 0.166. The number of hydrogen-bond donors (Lipinski definition) is 1. The number of benzene rings is 3. The van der Waals surface area contributed by atoms with Crippen molar-refractivity contribution < 1.29 is 49.8 Å². The molecule has 0 bridgehead atoms. The summed E-state index contributed by atoms with van der Waals surface area (Å²) in [4.78, 5) is 23.9. The van der Waals surface area contributed by atoms with Crippen LogP contribution in [-0.4, -0.2) is 18.3 Å². The van der Waals surface area contributed by atoms with Crippen LogP contribution in [0, 0.1) is 5.82 Å². The van der Waals surface area contributed by atoms with Crippen LogP contribution in [0.5, 0.6) is 0 Å². The Labute approximate surface area is 224 Å². The summed E-state index contributed by atoms with van der Waals surface area (Å²) in [5.41, 5.74) is -2.76. The Kier molecular flexibility index (Phi) is 9.73. The van der Waals surface area contributed by atoms with E-state index in [0.717, 1.165) is 18.2 Å². The van der Waals surface area contributed by atoms with Gasteiger partial charge in [0.1, 0.15) is 24.6 Å². The molecular formula is C28H22F7NO4. The van der Waals surface area contributed by atoms with Crippen LogP contribution >= 0.6 is 0 Å². The maximum atomic E-state index is 13.5. The van der Waals surface area contributed by atoms with E-state index in [1.54, 1.807) is 30.3 Å². The molecule has 1 amide bonds. The molecular weight excluding hydrogens is 547 g/mol. The van der Waals surface area contributed by atoms with Crippen molar-refractivity contribution in [2.45, 2.75) is 44.1 Å². The lowest BCUT2D eigenvalue weighted by molar-refractivity contribution is -0.143. The summed E-state index contributed by atoms with van der Waals surface area (Å²) in [7, 11) is 0. The highest BCUT2D eigenvalue weighted by Crippen LogP contribution is 2.38. The highest BCUT2D eigenvalue weighted by molar-refractivity contribution is 5.68. The Balaban J connectivity index is 1.96. The monoisotopic (exact) mass is 569 g/mol. The maximum Gasteiger partial charge on any atom is 0.416 e. The zero-order chi connectivity index (χ0) is 29.5. The molecule has 0 radical (unpaired) electrons. The molecule has 3 aromatic carbocycles. The summed E-state index contributed by atoms with van der Waals surface area (Å²) >= 11 is 0. The number of rotatable bonds is 9. The summed E-state index contributed by atoms with van der Waals surface area (Å²) in [6, 6.07) is 14.1. The Hall–Kier alpha value is -4.15. The third-order valence-corrected chi connectivity index (χ3v) is 5.73. The Morgan fingerprint density at radius 2 is 1.48 bits per heavy atom. The second-order valence-corrected chi connectivity index (χ2v) is 8.61. The van der Waals surface area contributed by atoms with Crippen LogP contribution in [-0.2, 0) is 33.2 Å². The summed E-state index contributed by atoms with van der Waals surface area (Å²) in [6.45, 7) is 0.994. The molecule has 0 saturated heterocycles. The van der Waals surface area contributed by atoms with Crippen molar-refractivity contribution in [3.8, 4) is 0 Å². The average molecular weight is 569 g/mol. The molecule has 0 spiro atoms. The number of alkyl carbamates (subject to hydrolysis) is 1. The molecule has 5 nitrogen and oxygen atoms in total. The molecule has 3 atom stereocenters. The zero-order valence-electron chi connectivity index (χ0n) is 20.7. The minimum Gasteiger partial charge on any atom is -0.445 e. The molecule has 3 rings (SSSR count). The summed E-state index contributed by atoms with van der Waals surface area (Å²) in [5, 5.41) is 2.34. The van der Waals surface area contributed by atoms with Gasteiger partial charge < -0.3 is 9.47 Å². The van der Waals surface area contributed by atoms with E-state index < -0.39 is 59.2 Å². The van der Waals surface area contributed by atoms with Crippen LogP contribution in [0.3, 0.4) is 0 Å². The molecule has 3 aromatic rings. The smallest absolute Gasteiger partial charge is 0.416 e. The lowest BCUT2D eigenvalue weighted by Gasteiger charge is -2.29. The van der Waals surface area contributed by atoms with Gasteiger partial charge >= 0.3 is 18.4 Å². The number of carbonyl (C=O) groups is 1. The van der Waals surface area contributed by atoms with E-state index in [1.165, 1.54) is 25.0 Å². The lowest BCUT2D eigenvalue weighted by Crippen LogP contribution is -2.41. The summed E-state index contributed by atoms with van der Waals surface area (Å²) in [5.74, 6) is -0.280. The molecule has 0 aliphatic heterocycles. The van der Waals surface area contributed by atoms with Gasteiger partial charge in [-0.25, -0.2) is 14.0 Å². The fraction of sp³-hybridized carbons (Fsp3) is 0.250. The van der Waals surface area contributed by atoms with Gasteiger partial charge in [0.05, 0.1) is 23.1 Å². The lowest BCUT2D eigenvalue weighted by atomic mass is 9.96. The summed E-state index contributed by atoms with van der Waals surface area (Å²) in [6.07, 6.45) is -13.4.